The van der Waals surface area contributed by atoms with Crippen molar-refractivity contribution < 1.29 is 5.11 Å². The zero-order valence-electron chi connectivity index (χ0n) is 10.5. The Labute approximate surface area is 103 Å². The van der Waals surface area contributed by atoms with Gasteiger partial charge in [0.25, 0.3) is 0 Å². The molecule has 1 aromatic carbocycles. The number of hydrogen-bond acceptors (Lipinski definition) is 2. The first-order valence-corrected chi connectivity index (χ1v) is 6.76. The number of hydrogen-bond donors (Lipinski definition) is 1. The average Bonchev–Trinajstić information content (AvgIpc) is 2.72. The van der Waals surface area contributed by atoms with Gasteiger partial charge in [-0.25, -0.2) is 0 Å². The molecule has 0 saturated heterocycles. The van der Waals surface area contributed by atoms with E-state index in [1.54, 1.807) is 0 Å². The molecule has 1 aromatic rings. The first kappa shape index (κ1) is 11.1. The normalized spacial score (nSPS) is 28.2. The molecule has 0 unspecified atom stereocenters. The van der Waals surface area contributed by atoms with Crippen molar-refractivity contribution in [1.29, 1.82) is 0 Å². The molecule has 1 aliphatic carbocycles. The van der Waals surface area contributed by atoms with Crippen LogP contribution in [0.25, 0.3) is 0 Å². The van der Waals surface area contributed by atoms with E-state index < -0.39 is 0 Å². The molecule has 1 aliphatic heterocycles. The van der Waals surface area contributed by atoms with E-state index in [9.17, 15) is 5.11 Å². The summed E-state index contributed by atoms with van der Waals surface area (Å²) >= 11 is 0. The van der Waals surface area contributed by atoms with Crippen LogP contribution < -0.4 is 4.90 Å². The third-order valence-corrected chi connectivity index (χ3v) is 4.40. The first-order chi connectivity index (χ1) is 8.24. The molecule has 0 atom stereocenters. The summed E-state index contributed by atoms with van der Waals surface area (Å²) in [7, 11) is 2.17. The Balaban J connectivity index is 1.80. The minimum Gasteiger partial charge on any atom is -0.393 e. The number of aliphatic hydroxyl groups excluding tert-OH is 1. The lowest BCUT2D eigenvalue weighted by Crippen LogP contribution is -2.17. The van der Waals surface area contributed by atoms with Gasteiger partial charge in [0.2, 0.25) is 0 Å². The summed E-state index contributed by atoms with van der Waals surface area (Å²) < 4.78 is 0. The zero-order chi connectivity index (χ0) is 11.8. The summed E-state index contributed by atoms with van der Waals surface area (Å²) in [5.74, 6) is 0.676. The molecule has 0 amide bonds. The van der Waals surface area contributed by atoms with Crippen LogP contribution >= 0.6 is 0 Å². The molecule has 1 fully saturated rings. The van der Waals surface area contributed by atoms with Crippen LogP contribution in [-0.2, 0) is 6.42 Å². The molecule has 2 aliphatic rings. The molecule has 1 heterocycles. The predicted octanol–water partition coefficient (Wildman–Crippen LogP) is 2.70. The van der Waals surface area contributed by atoms with E-state index in [1.807, 2.05) is 0 Å². The highest BCUT2D eigenvalue weighted by atomic mass is 16.3. The number of anilines is 1. The van der Waals surface area contributed by atoms with Crippen LogP contribution in [0.3, 0.4) is 0 Å². The van der Waals surface area contributed by atoms with Gasteiger partial charge in [0.1, 0.15) is 0 Å². The second-order valence-electron chi connectivity index (χ2n) is 5.57. The van der Waals surface area contributed by atoms with Crippen molar-refractivity contribution in [3.63, 3.8) is 0 Å². The topological polar surface area (TPSA) is 23.5 Å². The van der Waals surface area contributed by atoms with Crippen molar-refractivity contribution in [2.75, 3.05) is 18.5 Å². The van der Waals surface area contributed by atoms with E-state index in [0.717, 1.165) is 32.2 Å². The van der Waals surface area contributed by atoms with Gasteiger partial charge in [-0.1, -0.05) is 12.1 Å². The Morgan fingerprint density at radius 1 is 1.18 bits per heavy atom. The lowest BCUT2D eigenvalue weighted by molar-refractivity contribution is 0.122. The Morgan fingerprint density at radius 3 is 2.71 bits per heavy atom. The SMILES string of the molecule is CN1CCc2cc(C3CCC(O)CC3)ccc21. The van der Waals surface area contributed by atoms with Gasteiger partial charge < -0.3 is 10.0 Å². The first-order valence-electron chi connectivity index (χ1n) is 6.76. The molecule has 2 nitrogen and oxygen atoms in total. The second-order valence-corrected chi connectivity index (χ2v) is 5.57. The van der Waals surface area contributed by atoms with E-state index in [2.05, 4.69) is 30.1 Å². The minimum atomic E-state index is -0.0492. The number of fused-ring (bicyclic) bond motifs is 1. The monoisotopic (exact) mass is 231 g/mol. The van der Waals surface area contributed by atoms with Crippen LogP contribution in [0.2, 0.25) is 0 Å². The summed E-state index contributed by atoms with van der Waals surface area (Å²) in [6.07, 6.45) is 5.39. The third kappa shape index (κ3) is 2.06. The predicted molar refractivity (Wildman–Crippen MR) is 70.6 cm³/mol. The Kier molecular flexibility index (Phi) is 2.83. The molecule has 92 valence electrons. The summed E-state index contributed by atoms with van der Waals surface area (Å²) in [4.78, 5) is 2.34. The number of aliphatic hydroxyl groups is 1. The Bertz CT molecular complexity index is 407. The molecular weight excluding hydrogens is 210 g/mol. The zero-order valence-corrected chi connectivity index (χ0v) is 10.5. The summed E-state index contributed by atoms with van der Waals surface area (Å²) in [5, 5.41) is 9.56. The van der Waals surface area contributed by atoms with Gasteiger partial charge in [-0.2, -0.15) is 0 Å². The fourth-order valence-corrected chi connectivity index (χ4v) is 3.25. The maximum Gasteiger partial charge on any atom is 0.0540 e. The van der Waals surface area contributed by atoms with E-state index in [0.29, 0.717) is 5.92 Å². The molecule has 2 heteroatoms. The summed E-state index contributed by atoms with van der Waals surface area (Å²) in [6.45, 7) is 1.15. The van der Waals surface area contributed by atoms with E-state index >= 15 is 0 Å². The molecule has 17 heavy (non-hydrogen) atoms. The van der Waals surface area contributed by atoms with Crippen LogP contribution in [-0.4, -0.2) is 24.8 Å². The third-order valence-electron chi connectivity index (χ3n) is 4.40. The molecule has 0 aromatic heterocycles. The van der Waals surface area contributed by atoms with Crippen LogP contribution in [0.15, 0.2) is 18.2 Å². The van der Waals surface area contributed by atoms with Gasteiger partial charge >= 0.3 is 0 Å². The molecule has 0 bridgehead atoms. The van der Waals surface area contributed by atoms with Gasteiger partial charge in [-0.05, 0) is 55.2 Å². The highest BCUT2D eigenvalue weighted by molar-refractivity contribution is 5.58. The molecule has 0 spiro atoms. The number of rotatable bonds is 1. The Morgan fingerprint density at radius 2 is 1.94 bits per heavy atom. The molecule has 0 radical (unpaired) electrons. The molecule has 1 N–H and O–H groups in total. The number of nitrogens with zero attached hydrogens (tertiary/aromatic N) is 1. The van der Waals surface area contributed by atoms with Crippen molar-refractivity contribution in [2.45, 2.75) is 44.1 Å². The van der Waals surface area contributed by atoms with E-state index in [-0.39, 0.29) is 6.10 Å². The lowest BCUT2D eigenvalue weighted by Gasteiger charge is -2.26. The van der Waals surface area contributed by atoms with Gasteiger partial charge in [-0.3, -0.25) is 0 Å². The highest BCUT2D eigenvalue weighted by Crippen LogP contribution is 2.36. The molecule has 1 saturated carbocycles. The second kappa shape index (κ2) is 4.34. The van der Waals surface area contributed by atoms with Gasteiger partial charge in [0.15, 0.2) is 0 Å². The van der Waals surface area contributed by atoms with Crippen LogP contribution in [0, 0.1) is 0 Å². The smallest absolute Gasteiger partial charge is 0.0540 e. The quantitative estimate of drug-likeness (QED) is 0.803. The van der Waals surface area contributed by atoms with Gasteiger partial charge in [-0.15, -0.1) is 0 Å². The average molecular weight is 231 g/mol. The van der Waals surface area contributed by atoms with Crippen molar-refractivity contribution in [1.82, 2.24) is 0 Å². The maximum absolute atomic E-state index is 9.56. The fraction of sp³-hybridized carbons (Fsp3) is 0.600. The van der Waals surface area contributed by atoms with Crippen LogP contribution in [0.5, 0.6) is 0 Å². The van der Waals surface area contributed by atoms with Crippen LogP contribution in [0.4, 0.5) is 5.69 Å². The standard InChI is InChI=1S/C15H21NO/c1-16-9-8-13-10-12(4-7-15(13)16)11-2-5-14(17)6-3-11/h4,7,10-11,14,17H,2-3,5-6,8-9H2,1H3. The van der Waals surface area contributed by atoms with E-state index in [1.165, 1.54) is 23.2 Å². The van der Waals surface area contributed by atoms with E-state index in [4.69, 9.17) is 0 Å². The fourth-order valence-electron chi connectivity index (χ4n) is 3.25. The van der Waals surface area contributed by atoms with Crippen molar-refractivity contribution in [2.24, 2.45) is 0 Å². The summed E-state index contributed by atoms with van der Waals surface area (Å²) in [6, 6.07) is 6.98. The van der Waals surface area contributed by atoms with Crippen LogP contribution in [0.1, 0.15) is 42.7 Å². The van der Waals surface area contributed by atoms with Gasteiger partial charge in [0.05, 0.1) is 6.10 Å². The van der Waals surface area contributed by atoms with Crippen molar-refractivity contribution in [3.05, 3.63) is 29.3 Å². The number of benzene rings is 1. The van der Waals surface area contributed by atoms with Crippen molar-refractivity contribution >= 4 is 5.69 Å². The minimum absolute atomic E-state index is 0.0492. The van der Waals surface area contributed by atoms with Gasteiger partial charge in [0, 0.05) is 19.3 Å². The molecule has 3 rings (SSSR count). The largest absolute Gasteiger partial charge is 0.393 e. The highest BCUT2D eigenvalue weighted by Gasteiger charge is 2.23. The lowest BCUT2D eigenvalue weighted by atomic mass is 9.82. The molecular formula is C15H21NO. The number of likely N-dealkylation sites (N-methyl/N-ethyl adjacent to an activating group) is 1. The summed E-state index contributed by atoms with van der Waals surface area (Å²) in [5.41, 5.74) is 4.41. The van der Waals surface area contributed by atoms with Crippen molar-refractivity contribution in [3.8, 4) is 0 Å². The maximum atomic E-state index is 9.56. The Hall–Kier alpha value is -1.02.